The second kappa shape index (κ2) is 6.92. The first-order valence-electron chi connectivity index (χ1n) is 6.18. The number of benzene rings is 1. The summed E-state index contributed by atoms with van der Waals surface area (Å²) >= 11 is 0. The Morgan fingerprint density at radius 3 is 2.57 bits per heavy atom. The molecule has 0 bridgehead atoms. The van der Waals surface area contributed by atoms with Gasteiger partial charge in [0.1, 0.15) is 0 Å². The summed E-state index contributed by atoms with van der Waals surface area (Å²) in [5.74, 6) is -1.19. The molecule has 0 aliphatic rings. The summed E-state index contributed by atoms with van der Waals surface area (Å²) in [7, 11) is -2.91. The highest BCUT2D eigenvalue weighted by molar-refractivity contribution is 7.89. The highest BCUT2D eigenvalue weighted by Crippen LogP contribution is 2.28. The van der Waals surface area contributed by atoms with Gasteiger partial charge < -0.3 is 4.74 Å². The molecule has 1 aromatic carbocycles. The molecular formula is C12H17FN2O5S. The third-order valence-electron chi connectivity index (χ3n) is 2.68. The first-order chi connectivity index (χ1) is 9.67. The Kier molecular flexibility index (Phi) is 5.76. The fourth-order valence-corrected chi connectivity index (χ4v) is 2.90. The average Bonchev–Trinajstić information content (AvgIpc) is 2.37. The molecule has 0 aliphatic carbocycles. The Morgan fingerprint density at radius 2 is 2.05 bits per heavy atom. The van der Waals surface area contributed by atoms with E-state index in [9.17, 15) is 22.9 Å². The van der Waals surface area contributed by atoms with Gasteiger partial charge in [-0.1, -0.05) is 6.07 Å². The second-order valence-electron chi connectivity index (χ2n) is 4.59. The minimum absolute atomic E-state index is 0.00812. The van der Waals surface area contributed by atoms with Crippen LogP contribution in [0.15, 0.2) is 23.1 Å². The van der Waals surface area contributed by atoms with Gasteiger partial charge in [0.05, 0.1) is 17.6 Å². The van der Waals surface area contributed by atoms with Gasteiger partial charge in [-0.2, -0.15) is 8.70 Å². The lowest BCUT2D eigenvalue weighted by atomic mass is 10.3. The molecule has 0 spiro atoms. The fourth-order valence-electron chi connectivity index (χ4n) is 1.59. The van der Waals surface area contributed by atoms with E-state index in [4.69, 9.17) is 4.74 Å². The zero-order valence-electron chi connectivity index (χ0n) is 11.9. The van der Waals surface area contributed by atoms with E-state index in [1.54, 1.807) is 13.8 Å². The van der Waals surface area contributed by atoms with Crippen LogP contribution in [0.1, 0.15) is 13.8 Å². The van der Waals surface area contributed by atoms with E-state index in [0.717, 1.165) is 22.5 Å². The third kappa shape index (κ3) is 4.19. The van der Waals surface area contributed by atoms with E-state index < -0.39 is 31.3 Å². The summed E-state index contributed by atoms with van der Waals surface area (Å²) in [6.45, 7) is 3.74. The molecule has 0 N–H and O–H groups in total. The van der Waals surface area contributed by atoms with Crippen LogP contribution in [0.5, 0.6) is 0 Å². The molecule has 9 heteroatoms. The zero-order valence-corrected chi connectivity index (χ0v) is 12.8. The predicted octanol–water partition coefficient (Wildman–Crippen LogP) is 1.78. The van der Waals surface area contributed by atoms with Crippen molar-refractivity contribution in [2.75, 3.05) is 20.2 Å². The van der Waals surface area contributed by atoms with Crippen molar-refractivity contribution in [3.05, 3.63) is 34.1 Å². The van der Waals surface area contributed by atoms with Crippen molar-refractivity contribution in [3.8, 4) is 0 Å². The van der Waals surface area contributed by atoms with Gasteiger partial charge in [0.25, 0.3) is 0 Å². The van der Waals surface area contributed by atoms with Crippen molar-refractivity contribution in [1.29, 1.82) is 0 Å². The number of rotatable bonds is 7. The molecule has 0 fully saturated rings. The molecule has 1 aromatic rings. The largest absolute Gasteiger partial charge is 0.377 e. The van der Waals surface area contributed by atoms with Crippen LogP contribution >= 0.6 is 0 Å². The number of nitrogens with zero attached hydrogens (tertiary/aromatic N) is 2. The molecule has 0 atom stereocenters. The van der Waals surface area contributed by atoms with E-state index in [-0.39, 0.29) is 19.3 Å². The number of sulfonamides is 1. The van der Waals surface area contributed by atoms with Crippen LogP contribution in [-0.4, -0.2) is 43.9 Å². The molecule has 21 heavy (non-hydrogen) atoms. The van der Waals surface area contributed by atoms with Crippen LogP contribution in [0.25, 0.3) is 0 Å². The van der Waals surface area contributed by atoms with Crippen molar-refractivity contribution < 1.29 is 22.5 Å². The van der Waals surface area contributed by atoms with Gasteiger partial charge in [0.15, 0.2) is 4.90 Å². The van der Waals surface area contributed by atoms with Gasteiger partial charge in [-0.25, -0.2) is 8.42 Å². The van der Waals surface area contributed by atoms with Crippen LogP contribution in [0, 0.1) is 15.9 Å². The second-order valence-corrected chi connectivity index (χ2v) is 6.60. The molecule has 0 aromatic heterocycles. The molecule has 1 rings (SSSR count). The molecule has 0 saturated carbocycles. The summed E-state index contributed by atoms with van der Waals surface area (Å²) in [6, 6.07) is 2.98. The van der Waals surface area contributed by atoms with Gasteiger partial charge >= 0.3 is 5.69 Å². The molecule has 0 saturated heterocycles. The molecule has 0 heterocycles. The van der Waals surface area contributed by atoms with Crippen LogP contribution in [-0.2, 0) is 14.8 Å². The molecular weight excluding hydrogens is 303 g/mol. The van der Waals surface area contributed by atoms with Crippen molar-refractivity contribution in [3.63, 3.8) is 0 Å². The number of hydrogen-bond donors (Lipinski definition) is 0. The maximum Gasteiger partial charge on any atom is 0.324 e. The van der Waals surface area contributed by atoms with Crippen LogP contribution in [0.3, 0.4) is 0 Å². The minimum Gasteiger partial charge on any atom is -0.377 e. The van der Waals surface area contributed by atoms with Gasteiger partial charge in [-0.3, -0.25) is 10.1 Å². The number of ether oxygens (including phenoxy) is 1. The van der Waals surface area contributed by atoms with Crippen molar-refractivity contribution >= 4 is 15.7 Å². The van der Waals surface area contributed by atoms with Gasteiger partial charge in [-0.15, -0.1) is 0 Å². The summed E-state index contributed by atoms with van der Waals surface area (Å²) in [6.07, 6.45) is -0.0652. The summed E-state index contributed by atoms with van der Waals surface area (Å²) < 4.78 is 44.2. The van der Waals surface area contributed by atoms with Gasteiger partial charge in [0.2, 0.25) is 15.8 Å². The van der Waals surface area contributed by atoms with Gasteiger partial charge in [-0.05, 0) is 26.0 Å². The topological polar surface area (TPSA) is 89.8 Å². The molecule has 0 aliphatic heterocycles. The van der Waals surface area contributed by atoms with Gasteiger partial charge in [0, 0.05) is 13.6 Å². The van der Waals surface area contributed by atoms with Crippen molar-refractivity contribution in [2.24, 2.45) is 0 Å². The highest BCUT2D eigenvalue weighted by atomic mass is 32.2. The number of hydrogen-bond acceptors (Lipinski definition) is 5. The average molecular weight is 320 g/mol. The summed E-state index contributed by atoms with van der Waals surface area (Å²) in [5.41, 5.74) is -1.05. The predicted molar refractivity (Wildman–Crippen MR) is 74.0 cm³/mol. The van der Waals surface area contributed by atoms with E-state index >= 15 is 0 Å². The smallest absolute Gasteiger partial charge is 0.324 e. The van der Waals surface area contributed by atoms with Crippen LogP contribution in [0.2, 0.25) is 0 Å². The first-order valence-corrected chi connectivity index (χ1v) is 7.62. The van der Waals surface area contributed by atoms with Crippen LogP contribution in [0.4, 0.5) is 10.1 Å². The number of likely N-dealkylation sites (N-methyl/N-ethyl adjacent to an activating group) is 1. The van der Waals surface area contributed by atoms with E-state index in [1.165, 1.54) is 7.05 Å². The van der Waals surface area contributed by atoms with Crippen molar-refractivity contribution in [2.45, 2.75) is 24.8 Å². The number of para-hydroxylation sites is 1. The monoisotopic (exact) mass is 320 g/mol. The quantitative estimate of drug-likeness (QED) is 0.564. The maximum absolute atomic E-state index is 13.5. The summed E-state index contributed by atoms with van der Waals surface area (Å²) in [4.78, 5) is 9.17. The SMILES string of the molecule is CC(C)OCCN(C)S(=O)(=O)c1cccc(F)c1[N+](=O)[O-]. The van der Waals surface area contributed by atoms with Crippen molar-refractivity contribution in [1.82, 2.24) is 4.31 Å². The Morgan fingerprint density at radius 1 is 1.43 bits per heavy atom. The Hall–Kier alpha value is -1.58. The minimum atomic E-state index is -4.16. The van der Waals surface area contributed by atoms with Crippen LogP contribution < -0.4 is 0 Å². The number of halogens is 1. The molecule has 0 amide bonds. The standard InChI is InChI=1S/C12H17FN2O5S/c1-9(2)20-8-7-14(3)21(18,19)11-6-4-5-10(13)12(11)15(16)17/h4-6,9H,7-8H2,1-3H3. The number of nitro groups is 1. The summed E-state index contributed by atoms with van der Waals surface area (Å²) in [5, 5.41) is 10.9. The van der Waals surface area contributed by atoms with E-state index in [0.29, 0.717) is 0 Å². The Balaban J connectivity index is 3.08. The third-order valence-corrected chi connectivity index (χ3v) is 4.57. The van der Waals surface area contributed by atoms with E-state index in [2.05, 4.69) is 0 Å². The highest BCUT2D eigenvalue weighted by Gasteiger charge is 2.32. The molecule has 7 nitrogen and oxygen atoms in total. The lowest BCUT2D eigenvalue weighted by molar-refractivity contribution is -0.390. The first kappa shape index (κ1) is 17.5. The normalized spacial score (nSPS) is 12.1. The molecule has 0 unspecified atom stereocenters. The lowest BCUT2D eigenvalue weighted by Gasteiger charge is -2.18. The fraction of sp³-hybridized carbons (Fsp3) is 0.500. The lowest BCUT2D eigenvalue weighted by Crippen LogP contribution is -2.31. The Labute approximate surface area is 122 Å². The molecule has 0 radical (unpaired) electrons. The maximum atomic E-state index is 13.5. The number of nitro benzene ring substituents is 1. The Bertz CT molecular complexity index is 618. The molecule has 118 valence electrons. The van der Waals surface area contributed by atoms with E-state index in [1.807, 2.05) is 0 Å². The zero-order chi connectivity index (χ0) is 16.2.